The molecule has 1 aromatic carbocycles. The Labute approximate surface area is 273 Å². The lowest BCUT2D eigenvalue weighted by Gasteiger charge is -2.75. The Bertz CT molecular complexity index is 1290. The predicted molar refractivity (Wildman–Crippen MR) is 171 cm³/mol. The van der Waals surface area contributed by atoms with Crippen molar-refractivity contribution in [3.8, 4) is 11.5 Å². The summed E-state index contributed by atoms with van der Waals surface area (Å²) in [6.07, 6.45) is 6.36. The minimum absolute atomic E-state index is 0.0294. The lowest BCUT2D eigenvalue weighted by Crippen LogP contribution is -2.83. The first-order valence-electron chi connectivity index (χ1n) is 17.3. The highest BCUT2D eigenvalue weighted by molar-refractivity contribution is 5.63. The molecule has 10 nitrogen and oxygen atoms in total. The van der Waals surface area contributed by atoms with Gasteiger partial charge in [0.05, 0.1) is 25.4 Å². The van der Waals surface area contributed by atoms with E-state index in [-0.39, 0.29) is 47.2 Å². The minimum Gasteiger partial charge on any atom is -0.504 e. The number of aliphatic hydroxyl groups is 1. The number of nitrogens with zero attached hydrogens (tertiary/aromatic N) is 1. The molecule has 8 rings (SSSR count). The van der Waals surface area contributed by atoms with Crippen LogP contribution in [0, 0.1) is 22.7 Å². The second-order valence-corrected chi connectivity index (χ2v) is 15.7. The predicted octanol–water partition coefficient (Wildman–Crippen LogP) is 5.15. The van der Waals surface area contributed by atoms with Gasteiger partial charge in [-0.15, -0.1) is 0 Å². The van der Waals surface area contributed by atoms with Crippen LogP contribution in [0.2, 0.25) is 0 Å². The highest BCUT2D eigenvalue weighted by Gasteiger charge is 2.82. The third-order valence-corrected chi connectivity index (χ3v) is 12.9. The Morgan fingerprint density at radius 1 is 1.07 bits per heavy atom. The molecule has 46 heavy (non-hydrogen) atoms. The minimum atomic E-state index is -1.27. The van der Waals surface area contributed by atoms with E-state index in [0.29, 0.717) is 31.6 Å². The molecule has 0 amide bonds. The van der Waals surface area contributed by atoms with Crippen molar-refractivity contribution in [3.05, 3.63) is 23.3 Å². The van der Waals surface area contributed by atoms with Crippen LogP contribution < -0.4 is 4.74 Å². The van der Waals surface area contributed by atoms with E-state index < -0.39 is 17.4 Å². The Hall–Kier alpha value is -2.11. The van der Waals surface area contributed by atoms with Gasteiger partial charge in [-0.3, -0.25) is 4.90 Å². The van der Waals surface area contributed by atoms with Crippen LogP contribution >= 0.6 is 0 Å². The third kappa shape index (κ3) is 5.04. The molecule has 1 saturated heterocycles. The second-order valence-electron chi connectivity index (χ2n) is 15.7. The van der Waals surface area contributed by atoms with Gasteiger partial charge in [0.15, 0.2) is 11.5 Å². The Morgan fingerprint density at radius 3 is 2.43 bits per heavy atom. The zero-order valence-electron chi connectivity index (χ0n) is 28.6. The Balaban J connectivity index is 0.000000266. The van der Waals surface area contributed by atoms with Crippen LogP contribution in [0.15, 0.2) is 12.1 Å². The van der Waals surface area contributed by atoms with Gasteiger partial charge in [0.25, 0.3) is 0 Å². The number of phenolic OH excluding ortho intramolecular Hbond substituents is 1. The molecule has 2 heterocycles. The van der Waals surface area contributed by atoms with Crippen LogP contribution in [-0.4, -0.2) is 103 Å². The van der Waals surface area contributed by atoms with Crippen molar-refractivity contribution in [2.24, 2.45) is 22.7 Å². The number of carboxylic acid groups (broad SMARTS) is 1. The first-order valence-corrected chi connectivity index (χ1v) is 17.3. The molecule has 1 aromatic rings. The monoisotopic (exact) mass is 645 g/mol. The molecule has 2 spiro atoms. The van der Waals surface area contributed by atoms with Crippen molar-refractivity contribution in [2.45, 2.75) is 108 Å². The molecule has 5 fully saturated rings. The molecular formula is C36H55NO9. The molecule has 5 aliphatic carbocycles. The number of aromatic hydroxyl groups is 1. The van der Waals surface area contributed by atoms with E-state index in [4.69, 9.17) is 24.1 Å². The van der Waals surface area contributed by atoms with Crippen LogP contribution in [0.3, 0.4) is 0 Å². The highest BCUT2D eigenvalue weighted by atomic mass is 16.7. The first kappa shape index (κ1) is 33.8. The van der Waals surface area contributed by atoms with Gasteiger partial charge in [0, 0.05) is 48.6 Å². The number of hydrogen-bond acceptors (Lipinski definition) is 9. The first-order chi connectivity index (χ1) is 21.8. The second kappa shape index (κ2) is 12.1. The summed E-state index contributed by atoms with van der Waals surface area (Å²) in [4.78, 5) is 12.7. The van der Waals surface area contributed by atoms with Gasteiger partial charge >= 0.3 is 6.16 Å². The van der Waals surface area contributed by atoms with Crippen molar-refractivity contribution < 1.29 is 43.8 Å². The van der Waals surface area contributed by atoms with E-state index in [1.807, 2.05) is 27.0 Å². The summed E-state index contributed by atoms with van der Waals surface area (Å²) in [5, 5.41) is 31.2. The lowest BCUT2D eigenvalue weighted by atomic mass is 9.33. The molecule has 7 atom stereocenters. The zero-order chi connectivity index (χ0) is 33.1. The molecule has 2 aliphatic heterocycles. The molecule has 258 valence electrons. The van der Waals surface area contributed by atoms with Gasteiger partial charge < -0.3 is 39.0 Å². The van der Waals surface area contributed by atoms with Crippen molar-refractivity contribution in [3.63, 3.8) is 0 Å². The molecule has 4 bridgehead atoms. The van der Waals surface area contributed by atoms with Crippen LogP contribution in [0.5, 0.6) is 11.5 Å². The van der Waals surface area contributed by atoms with Gasteiger partial charge in [-0.1, -0.05) is 26.8 Å². The number of methoxy groups -OCH3 is 1. The largest absolute Gasteiger partial charge is 0.505 e. The maximum Gasteiger partial charge on any atom is 0.505 e. The number of fused-ring (bicyclic) bond motifs is 2. The zero-order valence-corrected chi connectivity index (χ0v) is 28.6. The molecule has 0 aromatic heterocycles. The van der Waals surface area contributed by atoms with E-state index in [2.05, 4.69) is 36.5 Å². The molecule has 0 radical (unpaired) electrons. The number of likely N-dealkylation sites (tertiary alicyclic amines) is 1. The van der Waals surface area contributed by atoms with Gasteiger partial charge in [-0.2, -0.15) is 0 Å². The summed E-state index contributed by atoms with van der Waals surface area (Å²) < 4.78 is 27.6. The van der Waals surface area contributed by atoms with Gasteiger partial charge in [-0.25, -0.2) is 4.79 Å². The summed E-state index contributed by atoms with van der Waals surface area (Å²) in [6.45, 7) is 14.7. The number of hydrogen-bond donors (Lipinski definition) is 3. The van der Waals surface area contributed by atoms with Gasteiger partial charge in [0.2, 0.25) is 0 Å². The molecular weight excluding hydrogens is 590 g/mol. The summed E-state index contributed by atoms with van der Waals surface area (Å²) in [7, 11) is 1.83. The van der Waals surface area contributed by atoms with Crippen molar-refractivity contribution in [2.75, 3.05) is 53.2 Å². The molecule has 4 saturated carbocycles. The summed E-state index contributed by atoms with van der Waals surface area (Å²) in [6, 6.07) is 4.46. The lowest BCUT2D eigenvalue weighted by molar-refractivity contribution is -0.312. The number of carbonyl (C=O) groups is 1. The van der Waals surface area contributed by atoms with Gasteiger partial charge in [-0.05, 0) is 88.3 Å². The number of rotatable bonds is 11. The fourth-order valence-electron chi connectivity index (χ4n) is 10.1. The number of piperidine rings is 1. The van der Waals surface area contributed by atoms with E-state index in [0.717, 1.165) is 44.6 Å². The number of phenols is 1. The Morgan fingerprint density at radius 2 is 1.78 bits per heavy atom. The number of benzene rings is 1. The van der Waals surface area contributed by atoms with Crippen molar-refractivity contribution in [1.29, 1.82) is 0 Å². The van der Waals surface area contributed by atoms with E-state index >= 15 is 0 Å². The van der Waals surface area contributed by atoms with E-state index in [1.54, 1.807) is 0 Å². The maximum atomic E-state index is 12.2. The molecule has 10 heteroatoms. The SMILES string of the molecule is CCOCCOCCOC(=O)O.CO[C@@]12CC[C@@]3(C[C@@H]1[C@](C)(O)C(C)(C)C)[C@H]1Cc4ccc(O)c5c4[C@@]3(CCN1CC1CC1)[C@H]2O5. The summed E-state index contributed by atoms with van der Waals surface area (Å²) in [5.74, 6) is 1.80. The Kier molecular flexibility index (Phi) is 8.88. The topological polar surface area (TPSA) is 127 Å². The van der Waals surface area contributed by atoms with Crippen LogP contribution in [0.4, 0.5) is 4.79 Å². The summed E-state index contributed by atoms with van der Waals surface area (Å²) >= 11 is 0. The van der Waals surface area contributed by atoms with Crippen LogP contribution in [0.25, 0.3) is 0 Å². The van der Waals surface area contributed by atoms with Crippen molar-refractivity contribution in [1.82, 2.24) is 4.90 Å². The quantitative estimate of drug-likeness (QED) is 0.220. The molecule has 7 aliphatic rings. The average molecular weight is 646 g/mol. The average Bonchev–Trinajstić information content (AvgIpc) is 3.75. The molecule has 0 unspecified atom stereocenters. The fraction of sp³-hybridized carbons (Fsp3) is 0.806. The van der Waals surface area contributed by atoms with Gasteiger partial charge in [0.1, 0.15) is 18.3 Å². The van der Waals surface area contributed by atoms with E-state index in [9.17, 15) is 15.0 Å². The number of ether oxygens (including phenoxy) is 5. The molecule has 3 N–H and O–H groups in total. The fourth-order valence-corrected chi connectivity index (χ4v) is 10.1. The van der Waals surface area contributed by atoms with Crippen molar-refractivity contribution >= 4 is 6.16 Å². The van der Waals surface area contributed by atoms with Crippen LogP contribution in [0.1, 0.15) is 84.3 Å². The maximum absolute atomic E-state index is 12.2. The smallest absolute Gasteiger partial charge is 0.504 e. The highest BCUT2D eigenvalue weighted by Crippen LogP contribution is 2.78. The normalized spacial score (nSPS) is 35.0. The standard InChI is InChI=1S/C29H41NO4.C7H14O5/c1-25(2,3)26(4,32)20-15-27-10-11-29(20,33-5)24-28(27)12-13-30(16-17-6-7-17)21(27)14-18-8-9-19(31)23(34-24)22(18)28;1-2-10-3-4-11-5-6-12-7(8)9/h8-9,17,20-21,24,31-32H,6-7,10-16H2,1-5H3;2-6H2,1H3,(H,8,9)/t20-,21-,24-,26+,27-,28+,29+;/m1./s1. The summed E-state index contributed by atoms with van der Waals surface area (Å²) in [5.41, 5.74) is 0.783. The van der Waals surface area contributed by atoms with Crippen LogP contribution in [-0.2, 0) is 30.8 Å². The van der Waals surface area contributed by atoms with E-state index in [1.165, 1.54) is 30.5 Å². The third-order valence-electron chi connectivity index (χ3n) is 12.9.